The van der Waals surface area contributed by atoms with Gasteiger partial charge in [0, 0.05) is 25.7 Å². The van der Waals surface area contributed by atoms with Crippen molar-refractivity contribution in [1.29, 1.82) is 0 Å². The minimum absolute atomic E-state index is 0. The summed E-state index contributed by atoms with van der Waals surface area (Å²) in [6.45, 7) is 4.38. The van der Waals surface area contributed by atoms with Crippen molar-refractivity contribution >= 4 is 5.78 Å². The maximum atomic E-state index is 13.5. The van der Waals surface area contributed by atoms with Crippen LogP contribution in [0.4, 0.5) is 4.39 Å². The molecular weight excluding hydrogens is 261 g/mol. The lowest BCUT2D eigenvalue weighted by atomic mass is 9.89. The van der Waals surface area contributed by atoms with Crippen molar-refractivity contribution in [2.75, 3.05) is 13.2 Å². The Labute approximate surface area is 119 Å². The van der Waals surface area contributed by atoms with Crippen LogP contribution < -0.4 is 14.8 Å². The molecule has 20 heavy (non-hydrogen) atoms. The van der Waals surface area contributed by atoms with E-state index >= 15 is 0 Å². The first-order chi connectivity index (χ1) is 9.56. The van der Waals surface area contributed by atoms with Crippen molar-refractivity contribution in [2.24, 2.45) is 0 Å². The number of halogens is 1. The van der Waals surface area contributed by atoms with E-state index in [1.807, 2.05) is 0 Å². The highest BCUT2D eigenvalue weighted by Crippen LogP contribution is 2.29. The molecule has 0 saturated heterocycles. The molecule has 0 unspecified atom stereocenters. The van der Waals surface area contributed by atoms with E-state index in [-0.39, 0.29) is 19.9 Å². The number of Topliss-reactive ketones (excluding diaryl/α,β-unsaturated/α-hetero) is 1. The summed E-state index contributed by atoms with van der Waals surface area (Å²) in [6.07, 6.45) is 1.96. The maximum absolute atomic E-state index is 13.5. The van der Waals surface area contributed by atoms with E-state index in [9.17, 15) is 9.18 Å². The molecule has 1 aromatic rings. The summed E-state index contributed by atoms with van der Waals surface area (Å²) in [5.74, 6) is 0.231. The van der Waals surface area contributed by atoms with Crippen LogP contribution in [0.15, 0.2) is 18.2 Å². The van der Waals surface area contributed by atoms with Crippen LogP contribution in [0.2, 0.25) is 0 Å². The molecule has 1 aliphatic carbocycles. The third-order valence-corrected chi connectivity index (χ3v) is 3.18. The van der Waals surface area contributed by atoms with E-state index in [0.717, 1.165) is 19.4 Å². The molecule has 0 spiro atoms. The average molecular weight is 283 g/mol. The lowest BCUT2D eigenvalue weighted by Gasteiger charge is -2.35. The van der Waals surface area contributed by atoms with E-state index in [1.165, 1.54) is 19.1 Å². The number of hydrogen-bond acceptors (Lipinski definition) is 4. The Hall–Kier alpha value is -1.62. The molecular formula is C15H22FNO3. The monoisotopic (exact) mass is 283 g/mol. The summed E-state index contributed by atoms with van der Waals surface area (Å²) < 4.78 is 24.4. The number of carbonyl (C=O) groups excluding carboxylic acids is 1. The van der Waals surface area contributed by atoms with Gasteiger partial charge in [0.15, 0.2) is 5.78 Å². The zero-order valence-electron chi connectivity index (χ0n) is 11.8. The van der Waals surface area contributed by atoms with Gasteiger partial charge in [-0.05, 0) is 26.3 Å². The van der Waals surface area contributed by atoms with Crippen molar-refractivity contribution in [3.63, 3.8) is 0 Å². The van der Waals surface area contributed by atoms with Gasteiger partial charge in [-0.25, -0.2) is 4.39 Å². The summed E-state index contributed by atoms with van der Waals surface area (Å²) in [4.78, 5) is 10.9. The van der Waals surface area contributed by atoms with Gasteiger partial charge in [0.05, 0.1) is 0 Å². The predicted octanol–water partition coefficient (Wildman–Crippen LogP) is 2.56. The summed E-state index contributed by atoms with van der Waals surface area (Å²) in [5, 5.41) is 3.34. The first kappa shape index (κ1) is 14.8. The molecule has 0 atom stereocenters. The molecule has 0 amide bonds. The number of rotatable bonds is 7. The summed E-state index contributed by atoms with van der Waals surface area (Å²) in [6, 6.07) is 4.69. The predicted molar refractivity (Wildman–Crippen MR) is 75.8 cm³/mol. The molecule has 4 nitrogen and oxygen atoms in total. The highest BCUT2D eigenvalue weighted by atomic mass is 19.1. The minimum Gasteiger partial charge on any atom is -0.490 e. The Bertz CT molecular complexity index is 478. The van der Waals surface area contributed by atoms with Gasteiger partial charge in [-0.1, -0.05) is 6.92 Å². The van der Waals surface area contributed by atoms with Crippen molar-refractivity contribution < 1.29 is 20.1 Å². The molecule has 0 bridgehead atoms. The Morgan fingerprint density at radius 1 is 1.40 bits per heavy atom. The third kappa shape index (κ3) is 4.20. The highest BCUT2D eigenvalue weighted by Gasteiger charge is 2.30. The summed E-state index contributed by atoms with van der Waals surface area (Å²) in [5.41, 5.74) is 0. The van der Waals surface area contributed by atoms with Crippen LogP contribution >= 0.6 is 0 Å². The molecule has 0 heterocycles. The molecule has 5 heteroatoms. The normalized spacial score (nSPS) is 21.1. The Morgan fingerprint density at radius 2 is 2.10 bits per heavy atom. The third-order valence-electron chi connectivity index (χ3n) is 3.18. The van der Waals surface area contributed by atoms with Gasteiger partial charge in [0.25, 0.3) is 0 Å². The van der Waals surface area contributed by atoms with Gasteiger partial charge in [0.2, 0.25) is 0 Å². The summed E-state index contributed by atoms with van der Waals surface area (Å²) >= 11 is 0. The molecule has 0 aromatic heterocycles. The zero-order chi connectivity index (χ0) is 14.5. The van der Waals surface area contributed by atoms with Crippen molar-refractivity contribution in [3.8, 4) is 11.5 Å². The smallest absolute Gasteiger partial charge is 0.167 e. The van der Waals surface area contributed by atoms with Gasteiger partial charge in [-0.3, -0.25) is 4.79 Å². The van der Waals surface area contributed by atoms with Crippen molar-refractivity contribution in [3.05, 3.63) is 24.0 Å². The minimum atomic E-state index is -0.427. The second-order valence-electron chi connectivity index (χ2n) is 5.08. The van der Waals surface area contributed by atoms with Gasteiger partial charge in [-0.2, -0.15) is 0 Å². The highest BCUT2D eigenvalue weighted by molar-refractivity contribution is 5.77. The van der Waals surface area contributed by atoms with E-state index in [2.05, 4.69) is 12.2 Å². The Balaban J connectivity index is 0.00000220. The standard InChI is InChI=1S/C15H20FNO3.H2/c1-3-17-12-6-15(7-12)20-14-5-11(16)4-13(8-14)19-9-10(2)18;/h4-5,8,12,15,17H,3,6-7,9H2,1-2H3;1H. The number of carbonyl (C=O) groups is 1. The molecule has 1 aromatic carbocycles. The number of benzene rings is 1. The lowest BCUT2D eigenvalue weighted by Crippen LogP contribution is -2.46. The van der Waals surface area contributed by atoms with Crippen molar-refractivity contribution in [1.82, 2.24) is 5.32 Å². The molecule has 0 aliphatic heterocycles. The van der Waals surface area contributed by atoms with Crippen LogP contribution in [-0.4, -0.2) is 31.1 Å². The van der Waals surface area contributed by atoms with Crippen molar-refractivity contribution in [2.45, 2.75) is 38.8 Å². The number of ketones is 1. The van der Waals surface area contributed by atoms with Crippen LogP contribution in [0.1, 0.15) is 28.1 Å². The SMILES string of the molecule is CCNC1CC(Oc2cc(F)cc(OCC(C)=O)c2)C1.[HH]. The molecule has 112 valence electrons. The average Bonchev–Trinajstić information content (AvgIpc) is 2.33. The second-order valence-corrected chi connectivity index (χ2v) is 5.08. The Kier molecular flexibility index (Phi) is 4.95. The molecule has 1 N–H and O–H groups in total. The first-order valence-electron chi connectivity index (χ1n) is 6.89. The van der Waals surface area contributed by atoms with Gasteiger partial charge >= 0.3 is 0 Å². The van der Waals surface area contributed by atoms with Crippen LogP contribution in [0.5, 0.6) is 11.5 Å². The second kappa shape index (κ2) is 6.70. The number of nitrogens with one attached hydrogen (secondary N) is 1. The molecule has 0 radical (unpaired) electrons. The van der Waals surface area contributed by atoms with E-state index in [0.29, 0.717) is 17.5 Å². The Morgan fingerprint density at radius 3 is 2.75 bits per heavy atom. The molecule has 2 rings (SSSR count). The lowest BCUT2D eigenvalue weighted by molar-refractivity contribution is -0.118. The van der Waals surface area contributed by atoms with Crippen LogP contribution in [0, 0.1) is 5.82 Å². The van der Waals surface area contributed by atoms with Gasteiger partial charge in [-0.15, -0.1) is 0 Å². The zero-order valence-corrected chi connectivity index (χ0v) is 11.8. The van der Waals surface area contributed by atoms with Crippen LogP contribution in [0.3, 0.4) is 0 Å². The molecule has 1 fully saturated rings. The fourth-order valence-corrected chi connectivity index (χ4v) is 2.18. The van der Waals surface area contributed by atoms with Gasteiger partial charge < -0.3 is 14.8 Å². The molecule has 1 saturated carbocycles. The number of hydrogen-bond donors (Lipinski definition) is 1. The first-order valence-corrected chi connectivity index (χ1v) is 6.89. The fourth-order valence-electron chi connectivity index (χ4n) is 2.18. The van der Waals surface area contributed by atoms with Gasteiger partial charge in [0.1, 0.15) is 30.0 Å². The topological polar surface area (TPSA) is 47.6 Å². The van der Waals surface area contributed by atoms with Crippen LogP contribution in [0.25, 0.3) is 0 Å². The van der Waals surface area contributed by atoms with E-state index in [1.54, 1.807) is 6.07 Å². The summed E-state index contributed by atoms with van der Waals surface area (Å²) in [7, 11) is 0. The van der Waals surface area contributed by atoms with E-state index in [4.69, 9.17) is 9.47 Å². The van der Waals surface area contributed by atoms with E-state index < -0.39 is 5.82 Å². The maximum Gasteiger partial charge on any atom is 0.167 e. The quantitative estimate of drug-likeness (QED) is 0.835. The fraction of sp³-hybridized carbons (Fsp3) is 0.533. The largest absolute Gasteiger partial charge is 0.490 e. The van der Waals surface area contributed by atoms with Crippen LogP contribution in [-0.2, 0) is 4.79 Å². The number of ether oxygens (including phenoxy) is 2. The molecule has 1 aliphatic rings.